The zero-order valence-corrected chi connectivity index (χ0v) is 13.8. The van der Waals surface area contributed by atoms with Crippen LogP contribution >= 0.6 is 0 Å². The van der Waals surface area contributed by atoms with Crippen molar-refractivity contribution in [1.29, 1.82) is 0 Å². The van der Waals surface area contributed by atoms with Crippen LogP contribution in [0.1, 0.15) is 31.2 Å². The fourth-order valence-electron chi connectivity index (χ4n) is 3.26. The van der Waals surface area contributed by atoms with Crippen molar-refractivity contribution in [3.8, 4) is 5.75 Å². The lowest BCUT2D eigenvalue weighted by Crippen LogP contribution is -3.14. The van der Waals surface area contributed by atoms with Gasteiger partial charge >= 0.3 is 0 Å². The van der Waals surface area contributed by atoms with Crippen LogP contribution in [0, 0.1) is 5.92 Å². The van der Waals surface area contributed by atoms with Gasteiger partial charge in [-0.15, -0.1) is 0 Å². The third-order valence-corrected chi connectivity index (χ3v) is 5.09. The number of amides is 1. The van der Waals surface area contributed by atoms with E-state index >= 15 is 0 Å². The maximum Gasteiger partial charge on any atom is 0.275 e. The number of methoxy groups -OCH3 is 1. The van der Waals surface area contributed by atoms with E-state index in [0.717, 1.165) is 30.9 Å². The first-order valence-corrected chi connectivity index (χ1v) is 8.56. The molecule has 1 aliphatic carbocycles. The average molecular weight is 319 g/mol. The number of nitrogens with one attached hydrogen (secondary N) is 2. The van der Waals surface area contributed by atoms with Gasteiger partial charge in [-0.3, -0.25) is 4.79 Å². The first-order valence-electron chi connectivity index (χ1n) is 8.56. The number of benzene rings is 1. The number of piperidine rings is 1. The second-order valence-electron chi connectivity index (χ2n) is 6.94. The molecule has 1 aromatic carbocycles. The monoisotopic (exact) mass is 319 g/mol. The Morgan fingerprint density at radius 1 is 1.39 bits per heavy atom. The van der Waals surface area contributed by atoms with Gasteiger partial charge in [0.1, 0.15) is 11.4 Å². The van der Waals surface area contributed by atoms with E-state index in [1.54, 1.807) is 7.11 Å². The minimum absolute atomic E-state index is 0.138. The van der Waals surface area contributed by atoms with Crippen LogP contribution in [-0.2, 0) is 10.4 Å². The van der Waals surface area contributed by atoms with Crippen LogP contribution in [0.25, 0.3) is 0 Å². The van der Waals surface area contributed by atoms with E-state index in [4.69, 9.17) is 4.74 Å². The smallest absolute Gasteiger partial charge is 0.275 e. The second-order valence-corrected chi connectivity index (χ2v) is 6.94. The van der Waals surface area contributed by atoms with Gasteiger partial charge in [-0.25, -0.2) is 0 Å². The molecule has 0 bridgehead atoms. The van der Waals surface area contributed by atoms with E-state index < -0.39 is 5.60 Å². The van der Waals surface area contributed by atoms with Gasteiger partial charge in [0.15, 0.2) is 6.54 Å². The van der Waals surface area contributed by atoms with Crippen molar-refractivity contribution in [2.24, 2.45) is 5.92 Å². The molecule has 1 aromatic rings. The van der Waals surface area contributed by atoms with Crippen molar-refractivity contribution in [1.82, 2.24) is 5.32 Å². The summed E-state index contributed by atoms with van der Waals surface area (Å²) in [6.45, 7) is 2.97. The average Bonchev–Trinajstić information content (AvgIpc) is 3.40. The van der Waals surface area contributed by atoms with Gasteiger partial charge in [0, 0.05) is 19.4 Å². The van der Waals surface area contributed by atoms with Crippen molar-refractivity contribution in [3.63, 3.8) is 0 Å². The number of likely N-dealkylation sites (tertiary alicyclic amines) is 1. The summed E-state index contributed by atoms with van der Waals surface area (Å²) in [5, 5.41) is 14.0. The van der Waals surface area contributed by atoms with E-state index in [2.05, 4.69) is 5.32 Å². The lowest BCUT2D eigenvalue weighted by Gasteiger charge is -2.36. The van der Waals surface area contributed by atoms with E-state index in [0.29, 0.717) is 25.3 Å². The Morgan fingerprint density at radius 2 is 2.13 bits per heavy atom. The third kappa shape index (κ3) is 4.24. The van der Waals surface area contributed by atoms with Crippen molar-refractivity contribution in [3.05, 3.63) is 29.8 Å². The van der Waals surface area contributed by atoms with Gasteiger partial charge in [0.2, 0.25) is 0 Å². The number of hydrogen-bond donors (Lipinski definition) is 3. The summed E-state index contributed by atoms with van der Waals surface area (Å²) in [6, 6.07) is 7.66. The summed E-state index contributed by atoms with van der Waals surface area (Å²) >= 11 is 0. The first-order chi connectivity index (χ1) is 11.1. The van der Waals surface area contributed by atoms with Crippen LogP contribution in [0.3, 0.4) is 0 Å². The number of carbonyl (C=O) groups is 1. The number of rotatable bonds is 6. The van der Waals surface area contributed by atoms with Crippen molar-refractivity contribution >= 4 is 5.91 Å². The van der Waals surface area contributed by atoms with Crippen LogP contribution in [0.2, 0.25) is 0 Å². The summed E-state index contributed by atoms with van der Waals surface area (Å²) < 4.78 is 5.25. The molecular formula is C18H27N2O3+. The molecule has 1 heterocycles. The standard InChI is InChI=1S/C18H26N2O3/c1-23-16-4-2-3-15(11-16)18(22)7-9-20(10-8-18)13-17(21)19-12-14-5-6-14/h2-4,11,14,22H,5-10,12-13H2,1H3,(H,19,21)/p+1. The Hall–Kier alpha value is -1.59. The number of carbonyl (C=O) groups excluding carboxylic acids is 1. The van der Waals surface area contributed by atoms with E-state index in [9.17, 15) is 9.90 Å². The second kappa shape index (κ2) is 6.89. The van der Waals surface area contributed by atoms with E-state index in [1.807, 2.05) is 24.3 Å². The molecule has 0 spiro atoms. The van der Waals surface area contributed by atoms with E-state index in [-0.39, 0.29) is 5.91 Å². The lowest BCUT2D eigenvalue weighted by molar-refractivity contribution is -0.900. The molecule has 3 rings (SSSR count). The molecule has 2 aliphatic rings. The zero-order valence-electron chi connectivity index (χ0n) is 13.8. The maximum atomic E-state index is 11.9. The topological polar surface area (TPSA) is 63.0 Å². The molecule has 0 radical (unpaired) electrons. The van der Waals surface area contributed by atoms with Gasteiger partial charge in [0.05, 0.1) is 20.2 Å². The number of ether oxygens (including phenoxy) is 1. The van der Waals surface area contributed by atoms with Crippen LogP contribution in [0.4, 0.5) is 0 Å². The summed E-state index contributed by atoms with van der Waals surface area (Å²) in [5.41, 5.74) is 0.108. The Bertz CT molecular complexity index is 549. The summed E-state index contributed by atoms with van der Waals surface area (Å²) in [4.78, 5) is 13.2. The number of aliphatic hydroxyl groups is 1. The largest absolute Gasteiger partial charge is 0.497 e. The Labute approximate surface area is 137 Å². The molecule has 3 N–H and O–H groups in total. The quantitative estimate of drug-likeness (QED) is 0.696. The minimum atomic E-state index is -0.803. The molecule has 126 valence electrons. The molecule has 23 heavy (non-hydrogen) atoms. The molecule has 0 unspecified atom stereocenters. The summed E-state index contributed by atoms with van der Waals surface area (Å²) in [5.74, 6) is 1.62. The van der Waals surface area contributed by atoms with Crippen molar-refractivity contribution in [2.45, 2.75) is 31.3 Å². The summed E-state index contributed by atoms with van der Waals surface area (Å²) in [7, 11) is 1.64. The highest BCUT2D eigenvalue weighted by atomic mass is 16.5. The van der Waals surface area contributed by atoms with Gasteiger partial charge < -0.3 is 20.1 Å². The normalized spacial score (nSPS) is 27.5. The fourth-order valence-corrected chi connectivity index (χ4v) is 3.26. The Morgan fingerprint density at radius 3 is 2.78 bits per heavy atom. The first kappa shape index (κ1) is 16.3. The van der Waals surface area contributed by atoms with Crippen molar-refractivity contribution < 1.29 is 19.5 Å². The third-order valence-electron chi connectivity index (χ3n) is 5.09. The van der Waals surface area contributed by atoms with Gasteiger partial charge in [-0.1, -0.05) is 12.1 Å². The summed E-state index contributed by atoms with van der Waals surface area (Å²) in [6.07, 6.45) is 3.85. The Kier molecular flexibility index (Phi) is 4.87. The van der Waals surface area contributed by atoms with Gasteiger partial charge in [-0.2, -0.15) is 0 Å². The predicted molar refractivity (Wildman–Crippen MR) is 87.4 cm³/mol. The van der Waals surface area contributed by atoms with Crippen LogP contribution < -0.4 is 15.0 Å². The lowest BCUT2D eigenvalue weighted by atomic mass is 9.84. The number of hydrogen-bond acceptors (Lipinski definition) is 3. The molecule has 1 amide bonds. The van der Waals surface area contributed by atoms with Gasteiger partial charge in [0.25, 0.3) is 5.91 Å². The van der Waals surface area contributed by atoms with Crippen LogP contribution in [-0.4, -0.2) is 44.3 Å². The highest BCUT2D eigenvalue weighted by molar-refractivity contribution is 5.76. The molecule has 5 heteroatoms. The predicted octanol–water partition coefficient (Wildman–Crippen LogP) is 0.0877. The molecule has 5 nitrogen and oxygen atoms in total. The van der Waals surface area contributed by atoms with Crippen LogP contribution in [0.5, 0.6) is 5.75 Å². The van der Waals surface area contributed by atoms with E-state index in [1.165, 1.54) is 17.7 Å². The minimum Gasteiger partial charge on any atom is -0.497 e. The zero-order chi connectivity index (χ0) is 16.3. The number of quaternary nitrogens is 1. The maximum absolute atomic E-state index is 11.9. The molecule has 1 saturated carbocycles. The molecule has 1 saturated heterocycles. The van der Waals surface area contributed by atoms with Crippen LogP contribution in [0.15, 0.2) is 24.3 Å². The molecule has 0 atom stereocenters. The highest BCUT2D eigenvalue weighted by Gasteiger charge is 2.37. The Balaban J connectivity index is 1.51. The SMILES string of the molecule is COc1cccc(C2(O)CC[NH+](CC(=O)NCC3CC3)CC2)c1. The highest BCUT2D eigenvalue weighted by Crippen LogP contribution is 2.31. The molecule has 2 fully saturated rings. The van der Waals surface area contributed by atoms with Gasteiger partial charge in [-0.05, 0) is 36.5 Å². The molecular weight excluding hydrogens is 292 g/mol. The molecule has 1 aliphatic heterocycles. The molecule has 0 aromatic heterocycles. The fraction of sp³-hybridized carbons (Fsp3) is 0.611. The van der Waals surface area contributed by atoms with Crippen molar-refractivity contribution in [2.75, 3.05) is 33.3 Å².